The van der Waals surface area contributed by atoms with E-state index in [9.17, 15) is 14.7 Å². The zero-order valence-electron chi connectivity index (χ0n) is 15.2. The summed E-state index contributed by atoms with van der Waals surface area (Å²) in [6.07, 6.45) is -0.112. The van der Waals surface area contributed by atoms with E-state index in [-0.39, 0.29) is 37.8 Å². The molecule has 1 amide bonds. The van der Waals surface area contributed by atoms with Crippen LogP contribution in [0.15, 0.2) is 48.5 Å². The molecule has 1 aliphatic carbocycles. The first-order chi connectivity index (χ1) is 13.6. The minimum atomic E-state index is -1.06. The molecule has 2 aromatic carbocycles. The second-order valence-electron chi connectivity index (χ2n) is 7.27. The molecule has 0 spiro atoms. The number of carbonyl (C=O) groups excluding carboxylic acids is 1. The topological polar surface area (TPSA) is 90.6 Å². The number of ether oxygens (including phenoxy) is 1. The summed E-state index contributed by atoms with van der Waals surface area (Å²) in [6, 6.07) is 17.2. The van der Waals surface area contributed by atoms with Crippen molar-refractivity contribution in [2.75, 3.05) is 13.2 Å². The van der Waals surface area contributed by atoms with Crippen LogP contribution in [-0.4, -0.2) is 41.3 Å². The van der Waals surface area contributed by atoms with Crippen molar-refractivity contribution < 1.29 is 19.4 Å². The second-order valence-corrected chi connectivity index (χ2v) is 7.27. The molecule has 0 bridgehead atoms. The van der Waals surface area contributed by atoms with Gasteiger partial charge in [-0.3, -0.25) is 4.90 Å². The summed E-state index contributed by atoms with van der Waals surface area (Å²) in [6.45, 7) is 0.389. The Hall–Kier alpha value is -3.33. The summed E-state index contributed by atoms with van der Waals surface area (Å²) >= 11 is 0. The highest BCUT2D eigenvalue weighted by molar-refractivity contribution is 5.81. The lowest BCUT2D eigenvalue weighted by atomic mass is 9.98. The van der Waals surface area contributed by atoms with Crippen LogP contribution in [0.25, 0.3) is 11.1 Å². The first-order valence-electron chi connectivity index (χ1n) is 9.31. The maximum Gasteiger partial charge on any atom is 0.410 e. The highest BCUT2D eigenvalue weighted by atomic mass is 16.6. The normalized spacial score (nSPS) is 20.3. The number of carboxylic acids is 1. The minimum Gasteiger partial charge on any atom is -0.480 e. The molecule has 2 aliphatic rings. The Balaban J connectivity index is 1.51. The first-order valence-corrected chi connectivity index (χ1v) is 9.31. The molecule has 2 atom stereocenters. The van der Waals surface area contributed by atoms with Crippen molar-refractivity contribution in [1.29, 1.82) is 5.26 Å². The van der Waals surface area contributed by atoms with Crippen LogP contribution in [0.5, 0.6) is 0 Å². The predicted octanol–water partition coefficient (Wildman–Crippen LogP) is 3.62. The fourth-order valence-electron chi connectivity index (χ4n) is 4.31. The molecule has 1 heterocycles. The second kappa shape index (κ2) is 7.35. The van der Waals surface area contributed by atoms with Crippen molar-refractivity contribution in [2.45, 2.75) is 24.8 Å². The lowest BCUT2D eigenvalue weighted by molar-refractivity contribution is -0.141. The van der Waals surface area contributed by atoms with E-state index in [1.165, 1.54) is 4.90 Å². The van der Waals surface area contributed by atoms with Gasteiger partial charge in [-0.05, 0) is 34.6 Å². The molecule has 1 fully saturated rings. The molecule has 1 saturated heterocycles. The number of benzene rings is 2. The molecule has 4 rings (SSSR count). The van der Waals surface area contributed by atoms with Gasteiger partial charge in [-0.25, -0.2) is 9.59 Å². The van der Waals surface area contributed by atoms with Gasteiger partial charge in [0.15, 0.2) is 0 Å². The van der Waals surface area contributed by atoms with Gasteiger partial charge in [0.2, 0.25) is 0 Å². The molecule has 6 nitrogen and oxygen atoms in total. The quantitative estimate of drug-likeness (QED) is 0.880. The van der Waals surface area contributed by atoms with Gasteiger partial charge >= 0.3 is 12.1 Å². The van der Waals surface area contributed by atoms with Crippen LogP contribution >= 0.6 is 0 Å². The summed E-state index contributed by atoms with van der Waals surface area (Å²) < 4.78 is 5.57. The summed E-state index contributed by atoms with van der Waals surface area (Å²) in [5.41, 5.74) is 4.49. The number of amides is 1. The molecule has 1 aliphatic heterocycles. The van der Waals surface area contributed by atoms with Gasteiger partial charge < -0.3 is 9.84 Å². The van der Waals surface area contributed by atoms with Crippen LogP contribution in [-0.2, 0) is 9.53 Å². The third-order valence-electron chi connectivity index (χ3n) is 5.62. The number of hydrogen-bond acceptors (Lipinski definition) is 4. The Kier molecular flexibility index (Phi) is 4.74. The van der Waals surface area contributed by atoms with E-state index < -0.39 is 18.1 Å². The van der Waals surface area contributed by atoms with E-state index in [1.807, 2.05) is 36.4 Å². The molecule has 28 heavy (non-hydrogen) atoms. The Bertz CT molecular complexity index is 920. The van der Waals surface area contributed by atoms with Crippen molar-refractivity contribution in [2.24, 2.45) is 5.92 Å². The third-order valence-corrected chi connectivity index (χ3v) is 5.62. The Morgan fingerprint density at radius 3 is 2.29 bits per heavy atom. The van der Waals surface area contributed by atoms with Crippen LogP contribution in [0, 0.1) is 17.2 Å². The van der Waals surface area contributed by atoms with E-state index in [1.54, 1.807) is 0 Å². The summed E-state index contributed by atoms with van der Waals surface area (Å²) in [5, 5.41) is 18.3. The number of fused-ring (bicyclic) bond motifs is 3. The maximum absolute atomic E-state index is 12.6. The van der Waals surface area contributed by atoms with E-state index in [0.717, 1.165) is 22.3 Å². The van der Waals surface area contributed by atoms with Crippen LogP contribution < -0.4 is 0 Å². The number of carboxylic acid groups (broad SMARTS) is 1. The number of hydrogen-bond donors (Lipinski definition) is 1. The molecule has 0 aromatic heterocycles. The standard InChI is InChI=1S/C22H20N2O4/c23-10-9-14-11-20(21(25)26)24(12-14)22(27)28-13-19-17-7-3-1-5-15(17)16-6-2-4-8-18(16)19/h1-8,14,19-20H,9,11-13H2,(H,25,26)/t14-,20+/m1/s1. The van der Waals surface area contributed by atoms with Gasteiger partial charge in [0.1, 0.15) is 12.6 Å². The van der Waals surface area contributed by atoms with Gasteiger partial charge in [0.05, 0.1) is 6.07 Å². The molecule has 0 saturated carbocycles. The summed E-state index contributed by atoms with van der Waals surface area (Å²) in [5.74, 6) is -1.27. The number of aliphatic carboxylic acids is 1. The predicted molar refractivity (Wildman–Crippen MR) is 102 cm³/mol. The molecule has 1 N–H and O–H groups in total. The van der Waals surface area contributed by atoms with Crippen LogP contribution in [0.4, 0.5) is 4.79 Å². The first kappa shape index (κ1) is 18.1. The number of likely N-dealkylation sites (tertiary alicyclic amines) is 1. The maximum atomic E-state index is 12.6. The van der Waals surface area contributed by atoms with Gasteiger partial charge in [-0.2, -0.15) is 5.26 Å². The lowest BCUT2D eigenvalue weighted by Gasteiger charge is -2.22. The average molecular weight is 376 g/mol. The van der Waals surface area contributed by atoms with Crippen LogP contribution in [0.3, 0.4) is 0 Å². The molecular weight excluding hydrogens is 356 g/mol. The molecule has 0 unspecified atom stereocenters. The van der Waals surface area contributed by atoms with Gasteiger partial charge in [0, 0.05) is 18.9 Å². The molecular formula is C22H20N2O4. The fourth-order valence-corrected chi connectivity index (χ4v) is 4.31. The zero-order chi connectivity index (χ0) is 19.7. The van der Waals surface area contributed by atoms with E-state index in [0.29, 0.717) is 0 Å². The highest BCUT2D eigenvalue weighted by Gasteiger charge is 2.41. The zero-order valence-corrected chi connectivity index (χ0v) is 15.2. The van der Waals surface area contributed by atoms with Crippen LogP contribution in [0.2, 0.25) is 0 Å². The van der Waals surface area contributed by atoms with E-state index >= 15 is 0 Å². The highest BCUT2D eigenvalue weighted by Crippen LogP contribution is 2.44. The van der Waals surface area contributed by atoms with Crippen molar-refractivity contribution >= 4 is 12.1 Å². The van der Waals surface area contributed by atoms with Gasteiger partial charge in [0.25, 0.3) is 0 Å². The molecule has 2 aromatic rings. The summed E-state index contributed by atoms with van der Waals surface area (Å²) in [4.78, 5) is 25.4. The fraction of sp³-hybridized carbons (Fsp3) is 0.318. The van der Waals surface area contributed by atoms with E-state index in [2.05, 4.69) is 18.2 Å². The smallest absolute Gasteiger partial charge is 0.410 e. The molecule has 6 heteroatoms. The monoisotopic (exact) mass is 376 g/mol. The number of carbonyl (C=O) groups is 2. The van der Waals surface area contributed by atoms with Crippen molar-refractivity contribution in [3.05, 3.63) is 59.7 Å². The number of nitriles is 1. The third kappa shape index (κ3) is 3.09. The van der Waals surface area contributed by atoms with Crippen LogP contribution in [0.1, 0.15) is 29.9 Å². The lowest BCUT2D eigenvalue weighted by Crippen LogP contribution is -2.41. The number of rotatable bonds is 4. The number of nitrogens with zero attached hydrogens (tertiary/aromatic N) is 2. The summed E-state index contributed by atoms with van der Waals surface area (Å²) in [7, 11) is 0. The SMILES string of the molecule is N#CC[C@@H]1C[C@@H](C(=O)O)N(C(=O)OCC2c3ccccc3-c3ccccc32)C1. The Labute approximate surface area is 163 Å². The Morgan fingerprint density at radius 2 is 1.71 bits per heavy atom. The largest absolute Gasteiger partial charge is 0.480 e. The van der Waals surface area contributed by atoms with Gasteiger partial charge in [-0.1, -0.05) is 48.5 Å². The molecule has 142 valence electrons. The van der Waals surface area contributed by atoms with Gasteiger partial charge in [-0.15, -0.1) is 0 Å². The minimum absolute atomic E-state index is 0.0721. The van der Waals surface area contributed by atoms with Crippen molar-refractivity contribution in [3.63, 3.8) is 0 Å². The van der Waals surface area contributed by atoms with E-state index in [4.69, 9.17) is 10.00 Å². The Morgan fingerprint density at radius 1 is 1.11 bits per heavy atom. The van der Waals surface area contributed by atoms with Crippen molar-refractivity contribution in [3.8, 4) is 17.2 Å². The molecule has 0 radical (unpaired) electrons. The average Bonchev–Trinajstić information content (AvgIpc) is 3.26. The van der Waals surface area contributed by atoms with Crippen molar-refractivity contribution in [1.82, 2.24) is 4.90 Å².